The number of nitrogen functional groups attached to an aromatic ring is 1. The number of nitrogens with zero attached hydrogens (tertiary/aromatic N) is 6. The number of hydrogen-bond donors (Lipinski definition) is 2. The highest BCUT2D eigenvalue weighted by atomic mass is 35.5. The molecule has 3 unspecified atom stereocenters. The number of aryl methyl sites for hydroxylation is 1. The second-order valence-electron chi connectivity index (χ2n) is 12.2. The molecule has 10 nitrogen and oxygen atoms in total. The Kier molecular flexibility index (Phi) is 9.98. The van der Waals surface area contributed by atoms with Crippen molar-refractivity contribution in [3.05, 3.63) is 56.7 Å². The minimum atomic E-state index is -4.80. The molecule has 17 heteroatoms. The number of benzene rings is 1. The van der Waals surface area contributed by atoms with Gasteiger partial charge in [-0.05, 0) is 44.4 Å². The van der Waals surface area contributed by atoms with Gasteiger partial charge in [-0.1, -0.05) is 23.8 Å². The molecule has 4 aliphatic heterocycles. The fraction of sp³-hybridized carbons (Fsp3) is 0.548. The van der Waals surface area contributed by atoms with Crippen LogP contribution in [0.15, 0.2) is 12.1 Å². The van der Waals surface area contributed by atoms with E-state index in [1.165, 1.54) is 20.0 Å². The van der Waals surface area contributed by atoms with Crippen LogP contribution in [0.3, 0.4) is 0 Å². The Bertz CT molecular complexity index is 1680. The van der Waals surface area contributed by atoms with E-state index < -0.39 is 41.1 Å². The van der Waals surface area contributed by atoms with Crippen LogP contribution in [0.2, 0.25) is 5.02 Å². The minimum Gasteiger partial charge on any atom is -0.467 e. The summed E-state index contributed by atoms with van der Waals surface area (Å²) in [5.74, 6) is -0.673. The summed E-state index contributed by atoms with van der Waals surface area (Å²) in [6, 6.07) is 2.29. The maximum Gasteiger partial charge on any atom is 0.416 e. The molecular formula is C31H36ClF5N8O2S. The number of ether oxygens (including phenoxy) is 2. The van der Waals surface area contributed by atoms with Gasteiger partial charge in [0, 0.05) is 50.3 Å². The van der Waals surface area contributed by atoms with E-state index in [1.54, 1.807) is 11.7 Å². The lowest BCUT2D eigenvalue weighted by atomic mass is 9.94. The van der Waals surface area contributed by atoms with Gasteiger partial charge in [-0.2, -0.15) is 28.2 Å². The van der Waals surface area contributed by atoms with Crippen molar-refractivity contribution in [2.75, 3.05) is 44.4 Å². The maximum atomic E-state index is 15.0. The summed E-state index contributed by atoms with van der Waals surface area (Å²) in [6.45, 7) is 3.20. The van der Waals surface area contributed by atoms with E-state index >= 15 is 0 Å². The Labute approximate surface area is 284 Å². The van der Waals surface area contributed by atoms with Gasteiger partial charge >= 0.3 is 12.2 Å². The number of nitrogens with one attached hydrogen (secondary N) is 1. The van der Waals surface area contributed by atoms with Gasteiger partial charge in [-0.15, -0.1) is 0 Å². The van der Waals surface area contributed by atoms with Crippen molar-refractivity contribution in [3.63, 3.8) is 0 Å². The molecular weight excluding hydrogens is 679 g/mol. The molecule has 260 valence electrons. The third kappa shape index (κ3) is 6.76. The zero-order valence-electron chi connectivity index (χ0n) is 26.4. The van der Waals surface area contributed by atoms with Crippen molar-refractivity contribution in [3.8, 4) is 6.01 Å². The number of hydrogen-bond acceptors (Lipinski definition) is 9. The molecule has 0 radical (unpaired) electrons. The first kappa shape index (κ1) is 34.5. The van der Waals surface area contributed by atoms with Gasteiger partial charge in [0.1, 0.15) is 22.7 Å². The lowest BCUT2D eigenvalue weighted by molar-refractivity contribution is -0.140. The summed E-state index contributed by atoms with van der Waals surface area (Å²) < 4.78 is 81.8. The normalized spacial score (nSPS) is 22.2. The Morgan fingerprint density at radius 1 is 1.19 bits per heavy atom. The van der Waals surface area contributed by atoms with E-state index in [1.807, 2.05) is 4.90 Å². The molecule has 6 heterocycles. The van der Waals surface area contributed by atoms with Crippen molar-refractivity contribution < 1.29 is 31.4 Å². The van der Waals surface area contributed by atoms with Gasteiger partial charge < -0.3 is 25.4 Å². The highest BCUT2D eigenvalue weighted by Crippen LogP contribution is 2.43. The number of anilines is 2. The van der Waals surface area contributed by atoms with Crippen LogP contribution in [-0.4, -0.2) is 75.6 Å². The topological polar surface area (TPSA) is 107 Å². The van der Waals surface area contributed by atoms with Gasteiger partial charge in [0.15, 0.2) is 5.82 Å². The molecule has 0 aliphatic carbocycles. The molecule has 48 heavy (non-hydrogen) atoms. The fourth-order valence-corrected chi connectivity index (χ4v) is 7.38. The first-order valence-electron chi connectivity index (χ1n) is 15.7. The predicted molar refractivity (Wildman–Crippen MR) is 173 cm³/mol. The predicted octanol–water partition coefficient (Wildman–Crippen LogP) is 5.39. The quantitative estimate of drug-likeness (QED) is 0.208. The standard InChI is InChI=1S/C24H24ClF4N7O2S.C7H12FN/c1-31-22(39)20-18(25)15-9-35(6-3-7-36(15)34-20)21-11-10-38-16(8-14(11)32-23(33-21)37-2)17-12(24(27,28)29)4-5-13(30)19(17)26;8-6-4-7-2-1-3-9(7)5-6/h4-5,16H,3,6-10,30H2,1-2H3,(H,31,39);6-7H,1-5H2. The third-order valence-corrected chi connectivity index (χ3v) is 10.0. The molecule has 0 spiro atoms. The fourth-order valence-electron chi connectivity index (χ4n) is 6.89. The van der Waals surface area contributed by atoms with Crippen LogP contribution in [-0.2, 0) is 37.0 Å². The number of alkyl halides is 4. The highest BCUT2D eigenvalue weighted by molar-refractivity contribution is 7.80. The molecule has 0 saturated carbocycles. The molecule has 0 amide bonds. The average Bonchev–Trinajstić information content (AvgIpc) is 3.68. The highest BCUT2D eigenvalue weighted by Gasteiger charge is 2.40. The number of thiocarbonyl (C=S) groups is 1. The van der Waals surface area contributed by atoms with Crippen molar-refractivity contribution in [1.29, 1.82) is 0 Å². The first-order chi connectivity index (χ1) is 22.9. The zero-order chi connectivity index (χ0) is 34.3. The molecule has 3 atom stereocenters. The number of nitrogens with two attached hydrogens (primary N) is 1. The molecule has 2 saturated heterocycles. The van der Waals surface area contributed by atoms with Gasteiger partial charge in [-0.25, -0.2) is 8.78 Å². The van der Waals surface area contributed by atoms with Gasteiger partial charge in [0.05, 0.1) is 54.0 Å². The summed E-state index contributed by atoms with van der Waals surface area (Å²) in [4.78, 5) is 13.6. The molecule has 7 rings (SSSR count). The van der Waals surface area contributed by atoms with E-state index in [0.29, 0.717) is 71.4 Å². The SMILES string of the molecule is CNC(=S)c1nn2c(c1Cl)CN(c1nc(OC)nc3c1COC(c1c(C(F)(F)F)ccc(N)c1F)C3)CCC2.FC1CC2CCCN2C1. The first-order valence-corrected chi connectivity index (χ1v) is 16.5. The summed E-state index contributed by atoms with van der Waals surface area (Å²) in [5.41, 5.74) is 5.60. The van der Waals surface area contributed by atoms with E-state index in [4.69, 9.17) is 39.0 Å². The smallest absolute Gasteiger partial charge is 0.416 e. The Morgan fingerprint density at radius 2 is 1.98 bits per heavy atom. The molecule has 3 N–H and O–H groups in total. The maximum absolute atomic E-state index is 15.0. The van der Waals surface area contributed by atoms with Crippen molar-refractivity contribution >= 4 is 40.3 Å². The van der Waals surface area contributed by atoms with E-state index in [9.17, 15) is 22.0 Å². The second kappa shape index (κ2) is 13.9. The lowest BCUT2D eigenvalue weighted by Gasteiger charge is -2.31. The van der Waals surface area contributed by atoms with Crippen molar-refractivity contribution in [1.82, 2.24) is 30.0 Å². The second-order valence-corrected chi connectivity index (χ2v) is 13.0. The van der Waals surface area contributed by atoms with Crippen molar-refractivity contribution in [2.24, 2.45) is 0 Å². The van der Waals surface area contributed by atoms with Crippen LogP contribution in [0, 0.1) is 5.82 Å². The van der Waals surface area contributed by atoms with Crippen LogP contribution in [0.25, 0.3) is 0 Å². The summed E-state index contributed by atoms with van der Waals surface area (Å²) in [6.07, 6.45) is -2.70. The zero-order valence-corrected chi connectivity index (χ0v) is 28.0. The molecule has 4 aliphatic rings. The Morgan fingerprint density at radius 3 is 2.69 bits per heavy atom. The molecule has 0 bridgehead atoms. The largest absolute Gasteiger partial charge is 0.467 e. The molecule has 2 aromatic heterocycles. The Balaban J connectivity index is 0.000000381. The van der Waals surface area contributed by atoms with Crippen LogP contribution in [0.5, 0.6) is 6.01 Å². The van der Waals surface area contributed by atoms with E-state index in [-0.39, 0.29) is 19.0 Å². The van der Waals surface area contributed by atoms with Crippen LogP contribution < -0.4 is 20.7 Å². The lowest BCUT2D eigenvalue weighted by Crippen LogP contribution is -2.29. The summed E-state index contributed by atoms with van der Waals surface area (Å²) in [5, 5.41) is 7.86. The molecule has 2 fully saturated rings. The van der Waals surface area contributed by atoms with Crippen molar-refractivity contribution in [2.45, 2.75) is 76.3 Å². The monoisotopic (exact) mass is 714 g/mol. The average molecular weight is 715 g/mol. The number of halogens is 6. The van der Waals surface area contributed by atoms with Gasteiger partial charge in [0.25, 0.3) is 0 Å². The Hall–Kier alpha value is -3.34. The molecule has 3 aromatic rings. The number of methoxy groups -OCH3 is 1. The van der Waals surface area contributed by atoms with E-state index in [2.05, 4.69) is 25.3 Å². The third-order valence-electron chi connectivity index (χ3n) is 9.21. The van der Waals surface area contributed by atoms with Crippen LogP contribution >= 0.6 is 23.8 Å². The van der Waals surface area contributed by atoms with Gasteiger partial charge in [-0.3, -0.25) is 9.58 Å². The number of rotatable bonds is 4. The summed E-state index contributed by atoms with van der Waals surface area (Å²) in [7, 11) is 3.08. The van der Waals surface area contributed by atoms with E-state index in [0.717, 1.165) is 30.8 Å². The molecule has 1 aromatic carbocycles. The van der Waals surface area contributed by atoms with Crippen LogP contribution in [0.1, 0.15) is 65.6 Å². The van der Waals surface area contributed by atoms with Crippen LogP contribution in [0.4, 0.5) is 33.5 Å². The number of aromatic nitrogens is 4. The minimum absolute atomic E-state index is 0.0226. The van der Waals surface area contributed by atoms with Gasteiger partial charge in [0.2, 0.25) is 0 Å². The number of fused-ring (bicyclic) bond motifs is 3. The summed E-state index contributed by atoms with van der Waals surface area (Å²) >= 11 is 12.0.